The third-order valence-electron chi connectivity index (χ3n) is 5.59. The van der Waals surface area contributed by atoms with Crippen molar-refractivity contribution in [2.75, 3.05) is 23.7 Å². The van der Waals surface area contributed by atoms with Gasteiger partial charge in [0.1, 0.15) is 12.6 Å². The molecule has 9 heteroatoms. The fourth-order valence-corrected chi connectivity index (χ4v) is 4.38. The monoisotopic (exact) mass is 507 g/mol. The number of nitrogens with one attached hydrogen (secondary N) is 1. The fourth-order valence-electron chi connectivity index (χ4n) is 3.36. The Kier molecular flexibility index (Phi) is 9.94. The Labute approximate surface area is 208 Å². The molecule has 0 saturated carbocycles. The average molecular weight is 508 g/mol. The van der Waals surface area contributed by atoms with Crippen LogP contribution in [0, 0.1) is 13.8 Å². The fraction of sp³-hybridized carbons (Fsp3) is 0.440. The molecule has 1 N–H and O–H groups in total. The van der Waals surface area contributed by atoms with Gasteiger partial charge in [-0.25, -0.2) is 8.42 Å². The molecule has 0 radical (unpaired) electrons. The van der Waals surface area contributed by atoms with E-state index in [4.69, 9.17) is 11.6 Å². The topological polar surface area (TPSA) is 86.8 Å². The smallest absolute Gasteiger partial charge is 0.244 e. The standard InChI is InChI=1S/C25H34ClN3O4S/c1-6-7-14-27-25(31)20(4)28(16-21-11-8-18(2)9-12-21)24(30)17-29(34(5,32)33)22-13-10-19(3)23(26)15-22/h8-13,15,20H,6-7,14,16-17H2,1-5H3,(H,27,31). The summed E-state index contributed by atoms with van der Waals surface area (Å²) in [6.07, 6.45) is 2.81. The van der Waals surface area contributed by atoms with Crippen LogP contribution in [0.25, 0.3) is 0 Å². The van der Waals surface area contributed by atoms with Crippen LogP contribution < -0.4 is 9.62 Å². The molecule has 0 aliphatic heterocycles. The number of unbranched alkanes of at least 4 members (excludes halogenated alkanes) is 1. The Morgan fingerprint density at radius 2 is 1.74 bits per heavy atom. The molecule has 1 unspecified atom stereocenters. The Morgan fingerprint density at radius 3 is 2.29 bits per heavy atom. The van der Waals surface area contributed by atoms with Gasteiger partial charge in [0, 0.05) is 18.1 Å². The summed E-state index contributed by atoms with van der Waals surface area (Å²) in [7, 11) is -3.79. The number of aryl methyl sites for hydroxylation is 2. The van der Waals surface area contributed by atoms with Gasteiger partial charge in [-0.1, -0.05) is 60.8 Å². The summed E-state index contributed by atoms with van der Waals surface area (Å²) in [4.78, 5) is 27.7. The first-order chi connectivity index (χ1) is 15.9. The van der Waals surface area contributed by atoms with Crippen LogP contribution in [-0.4, -0.2) is 50.5 Å². The van der Waals surface area contributed by atoms with E-state index in [0.717, 1.165) is 40.1 Å². The molecule has 7 nitrogen and oxygen atoms in total. The van der Waals surface area contributed by atoms with Gasteiger partial charge < -0.3 is 10.2 Å². The highest BCUT2D eigenvalue weighted by atomic mass is 35.5. The van der Waals surface area contributed by atoms with Crippen molar-refractivity contribution in [2.45, 2.75) is 53.1 Å². The number of benzene rings is 2. The van der Waals surface area contributed by atoms with Crippen molar-refractivity contribution in [2.24, 2.45) is 0 Å². The van der Waals surface area contributed by atoms with E-state index in [-0.39, 0.29) is 12.5 Å². The van der Waals surface area contributed by atoms with Gasteiger partial charge in [0.15, 0.2) is 0 Å². The molecule has 2 rings (SSSR count). The molecular formula is C25H34ClN3O4S. The summed E-state index contributed by atoms with van der Waals surface area (Å²) in [5.74, 6) is -0.765. The summed E-state index contributed by atoms with van der Waals surface area (Å²) in [6.45, 7) is 7.70. The van der Waals surface area contributed by atoms with Gasteiger partial charge in [0.25, 0.3) is 0 Å². The highest BCUT2D eigenvalue weighted by Gasteiger charge is 2.30. The van der Waals surface area contributed by atoms with Crippen LogP contribution >= 0.6 is 11.6 Å². The summed E-state index contributed by atoms with van der Waals surface area (Å²) < 4.78 is 26.2. The van der Waals surface area contributed by atoms with Crippen molar-refractivity contribution in [1.29, 1.82) is 0 Å². The Hall–Kier alpha value is -2.58. The van der Waals surface area contributed by atoms with Gasteiger partial charge in [-0.05, 0) is 50.5 Å². The molecule has 34 heavy (non-hydrogen) atoms. The Morgan fingerprint density at radius 1 is 1.09 bits per heavy atom. The normalized spacial score (nSPS) is 12.2. The van der Waals surface area contributed by atoms with Crippen LogP contribution in [0.3, 0.4) is 0 Å². The zero-order chi connectivity index (χ0) is 25.5. The minimum absolute atomic E-state index is 0.174. The van der Waals surface area contributed by atoms with Crippen LogP contribution in [-0.2, 0) is 26.2 Å². The maximum atomic E-state index is 13.5. The van der Waals surface area contributed by atoms with Crippen molar-refractivity contribution >= 4 is 39.1 Å². The van der Waals surface area contributed by atoms with Gasteiger partial charge in [-0.3, -0.25) is 13.9 Å². The molecule has 0 aliphatic carbocycles. The van der Waals surface area contributed by atoms with Crippen LogP contribution in [0.4, 0.5) is 5.69 Å². The van der Waals surface area contributed by atoms with Crippen LogP contribution in [0.2, 0.25) is 5.02 Å². The quantitative estimate of drug-likeness (QED) is 0.465. The van der Waals surface area contributed by atoms with Gasteiger partial charge in [0.2, 0.25) is 21.8 Å². The number of carbonyl (C=O) groups excluding carboxylic acids is 2. The van der Waals surface area contributed by atoms with Crippen LogP contribution in [0.15, 0.2) is 42.5 Å². The maximum Gasteiger partial charge on any atom is 0.244 e. The van der Waals surface area contributed by atoms with Gasteiger partial charge in [0.05, 0.1) is 11.9 Å². The zero-order valence-electron chi connectivity index (χ0n) is 20.5. The first kappa shape index (κ1) is 27.7. The molecule has 2 aromatic carbocycles. The third kappa shape index (κ3) is 7.74. The molecular weight excluding hydrogens is 474 g/mol. The number of nitrogens with zero attached hydrogens (tertiary/aromatic N) is 2. The second kappa shape index (κ2) is 12.2. The van der Waals surface area contributed by atoms with E-state index in [1.807, 2.05) is 45.0 Å². The van der Waals surface area contributed by atoms with Crippen molar-refractivity contribution < 1.29 is 18.0 Å². The summed E-state index contributed by atoms with van der Waals surface area (Å²) in [6, 6.07) is 11.7. The zero-order valence-corrected chi connectivity index (χ0v) is 22.0. The van der Waals surface area contributed by atoms with E-state index in [2.05, 4.69) is 5.32 Å². The largest absolute Gasteiger partial charge is 0.354 e. The number of hydrogen-bond donors (Lipinski definition) is 1. The molecule has 2 amide bonds. The highest BCUT2D eigenvalue weighted by molar-refractivity contribution is 7.92. The van der Waals surface area contributed by atoms with Crippen LogP contribution in [0.5, 0.6) is 0 Å². The lowest BCUT2D eigenvalue weighted by atomic mass is 10.1. The van der Waals surface area contributed by atoms with E-state index >= 15 is 0 Å². The third-order valence-corrected chi connectivity index (χ3v) is 7.14. The van der Waals surface area contributed by atoms with E-state index in [9.17, 15) is 18.0 Å². The molecule has 0 heterocycles. The molecule has 0 aliphatic rings. The second-order valence-corrected chi connectivity index (χ2v) is 10.8. The highest BCUT2D eigenvalue weighted by Crippen LogP contribution is 2.25. The average Bonchev–Trinajstić information content (AvgIpc) is 2.77. The van der Waals surface area contributed by atoms with Crippen molar-refractivity contribution in [1.82, 2.24) is 10.2 Å². The molecule has 0 bridgehead atoms. The minimum atomic E-state index is -3.79. The maximum absolute atomic E-state index is 13.5. The predicted molar refractivity (Wildman–Crippen MR) is 137 cm³/mol. The SMILES string of the molecule is CCCCNC(=O)C(C)N(Cc1ccc(C)cc1)C(=O)CN(c1ccc(C)c(Cl)c1)S(C)(=O)=O. The first-order valence-electron chi connectivity index (χ1n) is 11.3. The van der Waals surface area contributed by atoms with E-state index < -0.39 is 28.5 Å². The Bertz CT molecular complexity index is 1100. The number of sulfonamides is 1. The molecule has 0 saturated heterocycles. The lowest BCUT2D eigenvalue weighted by Crippen LogP contribution is -2.51. The number of amides is 2. The number of rotatable bonds is 11. The van der Waals surface area contributed by atoms with E-state index in [1.165, 1.54) is 11.0 Å². The first-order valence-corrected chi connectivity index (χ1v) is 13.5. The number of halogens is 1. The molecule has 2 aromatic rings. The lowest BCUT2D eigenvalue weighted by Gasteiger charge is -2.31. The lowest BCUT2D eigenvalue weighted by molar-refractivity contribution is -0.139. The molecule has 0 fully saturated rings. The van der Waals surface area contributed by atoms with Gasteiger partial charge in [-0.2, -0.15) is 0 Å². The van der Waals surface area contributed by atoms with Crippen molar-refractivity contribution in [3.63, 3.8) is 0 Å². The van der Waals surface area contributed by atoms with Crippen LogP contribution in [0.1, 0.15) is 43.4 Å². The summed E-state index contributed by atoms with van der Waals surface area (Å²) in [5.41, 5.74) is 3.01. The molecule has 186 valence electrons. The molecule has 1 atom stereocenters. The van der Waals surface area contributed by atoms with E-state index in [0.29, 0.717) is 17.3 Å². The predicted octanol–water partition coefficient (Wildman–Crippen LogP) is 4.06. The van der Waals surface area contributed by atoms with E-state index in [1.54, 1.807) is 19.1 Å². The van der Waals surface area contributed by atoms with Crippen molar-refractivity contribution in [3.8, 4) is 0 Å². The summed E-state index contributed by atoms with van der Waals surface area (Å²) in [5, 5.41) is 3.26. The molecule has 0 spiro atoms. The second-order valence-electron chi connectivity index (χ2n) is 8.53. The number of carbonyl (C=O) groups is 2. The number of hydrogen-bond acceptors (Lipinski definition) is 4. The minimum Gasteiger partial charge on any atom is -0.354 e. The summed E-state index contributed by atoms with van der Waals surface area (Å²) >= 11 is 6.21. The number of anilines is 1. The van der Waals surface area contributed by atoms with Crippen molar-refractivity contribution in [3.05, 3.63) is 64.2 Å². The molecule has 0 aromatic heterocycles. The Balaban J connectivity index is 2.35. The van der Waals surface area contributed by atoms with Gasteiger partial charge >= 0.3 is 0 Å². The van der Waals surface area contributed by atoms with Gasteiger partial charge in [-0.15, -0.1) is 0 Å².